The number of hydrogen-bond acceptors (Lipinski definition) is 6. The summed E-state index contributed by atoms with van der Waals surface area (Å²) >= 11 is 0. The van der Waals surface area contributed by atoms with Crippen molar-refractivity contribution in [2.45, 2.75) is 97.2 Å². The van der Waals surface area contributed by atoms with Gasteiger partial charge in [-0.2, -0.15) is 0 Å². The van der Waals surface area contributed by atoms with Gasteiger partial charge in [0.1, 0.15) is 23.4 Å². The summed E-state index contributed by atoms with van der Waals surface area (Å²) in [5, 5.41) is 25.1. The van der Waals surface area contributed by atoms with Gasteiger partial charge in [0, 0.05) is 13.1 Å². The lowest BCUT2D eigenvalue weighted by Gasteiger charge is -2.34. The molecule has 0 heterocycles. The zero-order chi connectivity index (χ0) is 27.1. The third-order valence-electron chi connectivity index (χ3n) is 5.56. The minimum Gasteiger partial charge on any atom is -0.508 e. The highest BCUT2D eigenvalue weighted by Gasteiger charge is 2.35. The molecule has 2 atom stereocenters. The molecule has 1 rings (SSSR count). The summed E-state index contributed by atoms with van der Waals surface area (Å²) in [4.78, 5) is 40.8. The van der Waals surface area contributed by atoms with Gasteiger partial charge >= 0.3 is 6.09 Å². The smallest absolute Gasteiger partial charge is 0.408 e. The maximum Gasteiger partial charge on any atom is 0.408 e. The Bertz CT molecular complexity index is 807. The summed E-state index contributed by atoms with van der Waals surface area (Å²) in [5.41, 5.74) is -0.251. The number of aliphatic hydroxyl groups is 1. The first kappa shape index (κ1) is 31.2. The van der Waals surface area contributed by atoms with Crippen LogP contribution < -0.4 is 10.6 Å². The van der Waals surface area contributed by atoms with Crippen molar-refractivity contribution in [2.75, 3.05) is 19.7 Å². The largest absolute Gasteiger partial charge is 0.508 e. The number of amides is 3. The molecular formula is C27H45N3O6. The normalized spacial score (nSPS) is 12.9. The van der Waals surface area contributed by atoms with Gasteiger partial charge in [-0.1, -0.05) is 58.1 Å². The number of nitrogens with one attached hydrogen (secondary N) is 2. The van der Waals surface area contributed by atoms with Gasteiger partial charge in [0.15, 0.2) is 0 Å². The summed E-state index contributed by atoms with van der Waals surface area (Å²) < 4.78 is 5.26. The molecule has 0 aliphatic heterocycles. The van der Waals surface area contributed by atoms with Crippen molar-refractivity contribution in [3.05, 3.63) is 29.8 Å². The predicted octanol–water partition coefficient (Wildman–Crippen LogP) is 4.03. The number of aromatic hydroxyl groups is 1. The van der Waals surface area contributed by atoms with E-state index in [1.165, 1.54) is 17.0 Å². The lowest BCUT2D eigenvalue weighted by Crippen LogP contribution is -2.54. The Morgan fingerprint density at radius 3 is 2.14 bits per heavy atom. The van der Waals surface area contributed by atoms with Crippen molar-refractivity contribution in [3.8, 4) is 5.75 Å². The van der Waals surface area contributed by atoms with E-state index < -0.39 is 36.3 Å². The Balaban J connectivity index is 3.29. The second-order valence-corrected chi connectivity index (χ2v) is 9.97. The van der Waals surface area contributed by atoms with Crippen LogP contribution in [0.3, 0.4) is 0 Å². The van der Waals surface area contributed by atoms with Crippen LogP contribution >= 0.6 is 0 Å². The van der Waals surface area contributed by atoms with Crippen LogP contribution in [-0.4, -0.2) is 64.4 Å². The number of nitrogens with zero attached hydrogens (tertiary/aromatic N) is 1. The molecule has 1 aromatic carbocycles. The fourth-order valence-corrected chi connectivity index (χ4v) is 3.72. The van der Waals surface area contributed by atoms with Gasteiger partial charge in [-0.25, -0.2) is 4.79 Å². The third kappa shape index (κ3) is 11.3. The standard InChI is InChI=1S/C27H45N3O6/c1-6-8-10-12-18-30(25(34)22(19-31)29-26(35)36-27(3,4)5)23(20-13-15-21(32)16-14-20)24(33)28-17-11-9-7-2/h13-16,22-23,31-32H,6-12,17-19H2,1-5H3,(H,28,33)(H,29,35). The molecule has 0 saturated heterocycles. The Morgan fingerprint density at radius 2 is 1.58 bits per heavy atom. The first-order valence-corrected chi connectivity index (χ1v) is 13.0. The number of carbonyl (C=O) groups excluding carboxylic acids is 3. The molecule has 0 spiro atoms. The maximum absolute atomic E-state index is 13.7. The fraction of sp³-hybridized carbons (Fsp3) is 0.667. The Labute approximate surface area is 215 Å². The van der Waals surface area contributed by atoms with Gasteiger partial charge in [0.2, 0.25) is 11.8 Å². The molecule has 1 aromatic rings. The number of carbonyl (C=O) groups is 3. The summed E-state index contributed by atoms with van der Waals surface area (Å²) in [7, 11) is 0. The molecule has 36 heavy (non-hydrogen) atoms. The molecule has 204 valence electrons. The van der Waals surface area contributed by atoms with E-state index in [9.17, 15) is 24.6 Å². The quantitative estimate of drug-likeness (QED) is 0.265. The molecule has 0 bridgehead atoms. The molecule has 4 N–H and O–H groups in total. The van der Waals surface area contributed by atoms with Crippen molar-refractivity contribution >= 4 is 17.9 Å². The number of ether oxygens (including phenoxy) is 1. The average Bonchev–Trinajstić information content (AvgIpc) is 2.81. The summed E-state index contributed by atoms with van der Waals surface area (Å²) in [6.07, 6.45) is 5.47. The third-order valence-corrected chi connectivity index (χ3v) is 5.56. The highest BCUT2D eigenvalue weighted by molar-refractivity contribution is 5.92. The van der Waals surface area contributed by atoms with Crippen LogP contribution in [0.25, 0.3) is 0 Å². The number of phenols is 1. The zero-order valence-corrected chi connectivity index (χ0v) is 22.5. The average molecular weight is 508 g/mol. The van der Waals surface area contributed by atoms with Crippen molar-refractivity contribution in [2.24, 2.45) is 0 Å². The van der Waals surface area contributed by atoms with Gasteiger partial charge in [-0.15, -0.1) is 0 Å². The number of hydrogen-bond donors (Lipinski definition) is 4. The molecule has 0 fully saturated rings. The van der Waals surface area contributed by atoms with Gasteiger partial charge in [0.25, 0.3) is 0 Å². The second kappa shape index (κ2) is 16.0. The van der Waals surface area contributed by atoms with E-state index in [-0.39, 0.29) is 18.2 Å². The Hall–Kier alpha value is -2.81. The summed E-state index contributed by atoms with van der Waals surface area (Å²) in [6, 6.07) is 3.87. The molecule has 9 nitrogen and oxygen atoms in total. The van der Waals surface area contributed by atoms with Crippen molar-refractivity contribution in [3.63, 3.8) is 0 Å². The highest BCUT2D eigenvalue weighted by Crippen LogP contribution is 2.25. The number of benzene rings is 1. The minimum atomic E-state index is -1.28. The molecule has 2 unspecified atom stereocenters. The van der Waals surface area contributed by atoms with Crippen LogP contribution in [0, 0.1) is 0 Å². The van der Waals surface area contributed by atoms with Gasteiger partial charge in [-0.3, -0.25) is 9.59 Å². The molecule has 0 aromatic heterocycles. The summed E-state index contributed by atoms with van der Waals surface area (Å²) in [5.74, 6) is -0.891. The van der Waals surface area contributed by atoms with Crippen LogP contribution in [0.5, 0.6) is 5.75 Å². The number of rotatable bonds is 15. The van der Waals surface area contributed by atoms with Gasteiger partial charge in [0.05, 0.1) is 6.61 Å². The summed E-state index contributed by atoms with van der Waals surface area (Å²) in [6.45, 7) is 9.34. The van der Waals surface area contributed by atoms with E-state index in [4.69, 9.17) is 4.74 Å². The first-order chi connectivity index (χ1) is 17.0. The lowest BCUT2D eigenvalue weighted by atomic mass is 10.0. The number of aliphatic hydroxyl groups excluding tert-OH is 1. The van der Waals surface area contributed by atoms with E-state index in [1.54, 1.807) is 32.9 Å². The zero-order valence-electron chi connectivity index (χ0n) is 22.5. The van der Waals surface area contributed by atoms with E-state index >= 15 is 0 Å². The Morgan fingerprint density at radius 1 is 0.972 bits per heavy atom. The van der Waals surface area contributed by atoms with E-state index in [2.05, 4.69) is 24.5 Å². The van der Waals surface area contributed by atoms with Crippen LogP contribution in [-0.2, 0) is 14.3 Å². The van der Waals surface area contributed by atoms with Crippen LogP contribution in [0.15, 0.2) is 24.3 Å². The Kier molecular flexibility index (Phi) is 13.9. The van der Waals surface area contributed by atoms with Crippen molar-refractivity contribution < 1.29 is 29.3 Å². The second-order valence-electron chi connectivity index (χ2n) is 9.97. The molecule has 3 amide bonds. The SMILES string of the molecule is CCCCCCN(C(=O)C(CO)NC(=O)OC(C)(C)C)C(C(=O)NCCCCC)c1ccc(O)cc1. The number of phenolic OH excluding ortho intramolecular Hbond substituents is 1. The fourth-order valence-electron chi connectivity index (χ4n) is 3.72. The first-order valence-electron chi connectivity index (χ1n) is 13.0. The van der Waals surface area contributed by atoms with Gasteiger partial charge in [-0.05, 0) is 51.3 Å². The molecule has 0 radical (unpaired) electrons. The minimum absolute atomic E-state index is 0.0431. The maximum atomic E-state index is 13.7. The van der Waals surface area contributed by atoms with Crippen molar-refractivity contribution in [1.82, 2.24) is 15.5 Å². The van der Waals surface area contributed by atoms with Crippen molar-refractivity contribution in [1.29, 1.82) is 0 Å². The highest BCUT2D eigenvalue weighted by atomic mass is 16.6. The van der Waals surface area contributed by atoms with E-state index in [1.807, 2.05) is 0 Å². The van der Waals surface area contributed by atoms with Crippen LogP contribution in [0.4, 0.5) is 4.79 Å². The molecule has 9 heteroatoms. The van der Waals surface area contributed by atoms with E-state index in [0.717, 1.165) is 38.5 Å². The molecular weight excluding hydrogens is 462 g/mol. The predicted molar refractivity (Wildman–Crippen MR) is 139 cm³/mol. The number of unbranched alkanes of at least 4 members (excludes halogenated alkanes) is 5. The molecule has 0 saturated carbocycles. The monoisotopic (exact) mass is 507 g/mol. The van der Waals surface area contributed by atoms with Gasteiger partial charge < -0.3 is 30.5 Å². The number of alkyl carbamates (subject to hydrolysis) is 1. The van der Waals surface area contributed by atoms with E-state index in [0.29, 0.717) is 18.5 Å². The van der Waals surface area contributed by atoms with Crippen LogP contribution in [0.2, 0.25) is 0 Å². The molecule has 0 aliphatic rings. The topological polar surface area (TPSA) is 128 Å². The van der Waals surface area contributed by atoms with Crippen LogP contribution in [0.1, 0.15) is 91.2 Å². The lowest BCUT2D eigenvalue weighted by molar-refractivity contribution is -0.143. The molecule has 0 aliphatic carbocycles.